The fourth-order valence-corrected chi connectivity index (χ4v) is 5.59. The van der Waals surface area contributed by atoms with E-state index in [9.17, 15) is 33.1 Å². The van der Waals surface area contributed by atoms with E-state index in [4.69, 9.17) is 15.2 Å². The highest BCUT2D eigenvalue weighted by Gasteiger charge is 2.29. The highest BCUT2D eigenvalue weighted by atomic mass is 19.3. The molecule has 1 aromatic carbocycles. The first-order valence-electron chi connectivity index (χ1n) is 14.0. The number of carboxylic acid groups (broad SMARTS) is 1. The predicted octanol–water partition coefficient (Wildman–Crippen LogP) is 3.55. The summed E-state index contributed by atoms with van der Waals surface area (Å²) in [6, 6.07) is 0.883. The normalized spacial score (nSPS) is 18.0. The van der Waals surface area contributed by atoms with Crippen LogP contribution in [0.3, 0.4) is 0 Å². The molecule has 2 aromatic rings. The maximum Gasteiger partial charge on any atom is 0.387 e. The molecule has 1 atom stereocenters. The molecule has 11 nitrogen and oxygen atoms in total. The number of carbonyl (C=O) groups is 3. The lowest BCUT2D eigenvalue weighted by molar-refractivity contribution is -0.144. The molecule has 0 saturated heterocycles. The number of amides is 1. The zero-order valence-corrected chi connectivity index (χ0v) is 24.2. The monoisotopic (exact) mass is 618 g/mol. The van der Waals surface area contributed by atoms with Crippen LogP contribution in [0.2, 0.25) is 0 Å². The van der Waals surface area contributed by atoms with Crippen molar-refractivity contribution in [1.82, 2.24) is 9.47 Å². The molecule has 1 unspecified atom stereocenters. The van der Waals surface area contributed by atoms with E-state index in [-0.39, 0.29) is 49.2 Å². The van der Waals surface area contributed by atoms with Crippen LogP contribution in [0.25, 0.3) is 10.9 Å². The Morgan fingerprint density at radius 2 is 2.02 bits per heavy atom. The number of benzene rings is 1. The SMILES string of the molecule is CCn1cc(C(=O)O)c(=O)c2cc(F)c(N3CCCC4=C(CC/C=C\C(N(C)CC(OC=O)C(N)=O)=C/4)C3)c(OC(F)F)c21. The third-order valence-electron chi connectivity index (χ3n) is 7.69. The molecule has 1 aliphatic heterocycles. The summed E-state index contributed by atoms with van der Waals surface area (Å²) >= 11 is 0. The molecule has 0 fully saturated rings. The van der Waals surface area contributed by atoms with Crippen LogP contribution < -0.4 is 20.8 Å². The van der Waals surface area contributed by atoms with Crippen LogP contribution in [-0.4, -0.2) is 72.3 Å². The number of pyridine rings is 1. The van der Waals surface area contributed by atoms with Gasteiger partial charge in [-0.3, -0.25) is 14.4 Å². The Morgan fingerprint density at radius 3 is 2.66 bits per heavy atom. The van der Waals surface area contributed by atoms with Gasteiger partial charge in [-0.2, -0.15) is 8.78 Å². The second kappa shape index (κ2) is 13.7. The second-order valence-corrected chi connectivity index (χ2v) is 10.4. The number of carboxylic acids is 1. The summed E-state index contributed by atoms with van der Waals surface area (Å²) in [6.07, 6.45) is 7.88. The maximum atomic E-state index is 15.9. The topological polar surface area (TPSA) is 144 Å². The summed E-state index contributed by atoms with van der Waals surface area (Å²) < 4.78 is 54.5. The summed E-state index contributed by atoms with van der Waals surface area (Å²) in [6.45, 7) is -1.01. The summed E-state index contributed by atoms with van der Waals surface area (Å²) in [7, 11) is 1.71. The number of carbonyl (C=O) groups excluding carboxylic acids is 2. The van der Waals surface area contributed by atoms with Gasteiger partial charge in [0.2, 0.25) is 5.43 Å². The molecule has 1 aromatic heterocycles. The van der Waals surface area contributed by atoms with E-state index in [1.54, 1.807) is 23.8 Å². The van der Waals surface area contributed by atoms with Gasteiger partial charge in [0.25, 0.3) is 12.4 Å². The molecule has 2 heterocycles. The molecule has 4 rings (SSSR count). The molecular formula is C30H33F3N4O7. The number of nitrogens with zero attached hydrogens (tertiary/aromatic N) is 3. The summed E-state index contributed by atoms with van der Waals surface area (Å²) in [5.74, 6) is -3.85. The largest absolute Gasteiger partial charge is 0.477 e. The molecule has 44 heavy (non-hydrogen) atoms. The van der Waals surface area contributed by atoms with Crippen molar-refractivity contribution in [3.05, 3.63) is 68.9 Å². The van der Waals surface area contributed by atoms with Crippen LogP contribution in [-0.2, 0) is 20.9 Å². The Morgan fingerprint density at radius 1 is 1.27 bits per heavy atom. The zero-order valence-electron chi connectivity index (χ0n) is 24.2. The number of anilines is 1. The first kappa shape index (κ1) is 32.2. The Kier molecular flexibility index (Phi) is 10.0. The molecule has 2 aliphatic rings. The quantitative estimate of drug-likeness (QED) is 0.361. The number of ether oxygens (including phenoxy) is 2. The van der Waals surface area contributed by atoms with Gasteiger partial charge in [-0.05, 0) is 62.0 Å². The Balaban J connectivity index is 1.81. The van der Waals surface area contributed by atoms with Gasteiger partial charge < -0.3 is 34.7 Å². The zero-order chi connectivity index (χ0) is 32.1. The van der Waals surface area contributed by atoms with E-state index in [0.29, 0.717) is 31.4 Å². The van der Waals surface area contributed by atoms with Crippen molar-refractivity contribution >= 4 is 34.9 Å². The summed E-state index contributed by atoms with van der Waals surface area (Å²) in [4.78, 5) is 50.5. The average Bonchev–Trinajstić information content (AvgIpc) is 3.13. The van der Waals surface area contributed by atoms with E-state index < -0.39 is 47.2 Å². The van der Waals surface area contributed by atoms with Gasteiger partial charge in [0.15, 0.2) is 17.7 Å². The molecule has 0 saturated carbocycles. The number of hydrogen-bond donors (Lipinski definition) is 2. The molecule has 3 N–H and O–H groups in total. The minimum absolute atomic E-state index is 0.0122. The highest BCUT2D eigenvalue weighted by molar-refractivity contribution is 5.97. The standard InChI is InChI=1S/C30H33F3N4O7/c1-3-36-14-21(29(41)42)26(39)20-12-22(31)25(27(24(20)36)44-30(32)33)37-10-6-8-17-11-19(9-5-4-7-18(17)13-37)35(2)15-23(28(34)40)43-16-38/h5,9,11-12,14,16,23,30H,3-4,6-8,10,13,15H2,1-2H3,(H2,34,40)(H,41,42)/b9-5-,19-11+. The van der Waals surface area contributed by atoms with Crippen LogP contribution in [0.4, 0.5) is 18.9 Å². The molecule has 1 aliphatic carbocycles. The number of fused-ring (bicyclic) bond motifs is 1. The average molecular weight is 619 g/mol. The number of likely N-dealkylation sites (N-methyl/N-ethyl adjacent to an activating group) is 1. The van der Waals surface area contributed by atoms with Crippen molar-refractivity contribution in [3.63, 3.8) is 0 Å². The molecule has 0 spiro atoms. The second-order valence-electron chi connectivity index (χ2n) is 10.4. The predicted molar refractivity (Wildman–Crippen MR) is 155 cm³/mol. The third kappa shape index (κ3) is 6.74. The lowest BCUT2D eigenvalue weighted by atomic mass is 9.97. The van der Waals surface area contributed by atoms with Crippen LogP contribution in [0.1, 0.15) is 43.0 Å². The summed E-state index contributed by atoms with van der Waals surface area (Å²) in [5, 5.41) is 9.11. The highest BCUT2D eigenvalue weighted by Crippen LogP contribution is 2.41. The summed E-state index contributed by atoms with van der Waals surface area (Å²) in [5.41, 5.74) is 5.95. The van der Waals surface area contributed by atoms with Crippen LogP contribution in [0.5, 0.6) is 5.75 Å². The number of halogens is 3. The number of allylic oxidation sites excluding steroid dienone is 4. The number of nitrogens with two attached hydrogens (primary N) is 1. The molecule has 14 heteroatoms. The van der Waals surface area contributed by atoms with E-state index >= 15 is 4.39 Å². The first-order chi connectivity index (χ1) is 21.0. The van der Waals surface area contributed by atoms with Crippen LogP contribution >= 0.6 is 0 Å². The van der Waals surface area contributed by atoms with Gasteiger partial charge >= 0.3 is 12.6 Å². The number of primary amides is 1. The molecule has 0 radical (unpaired) electrons. The number of aromatic carboxylic acids is 1. The lowest BCUT2D eigenvalue weighted by Crippen LogP contribution is -2.40. The molecule has 1 amide bonds. The lowest BCUT2D eigenvalue weighted by Gasteiger charge is -2.29. The van der Waals surface area contributed by atoms with Crippen LogP contribution in [0.15, 0.2) is 52.1 Å². The fourth-order valence-electron chi connectivity index (χ4n) is 5.59. The minimum atomic E-state index is -3.35. The molecular weight excluding hydrogens is 585 g/mol. The van der Waals surface area contributed by atoms with Crippen molar-refractivity contribution < 1.29 is 42.1 Å². The number of aromatic nitrogens is 1. The van der Waals surface area contributed by atoms with E-state index in [2.05, 4.69) is 0 Å². The Bertz CT molecular complexity index is 1620. The number of alkyl halides is 2. The Hall–Kier alpha value is -4.75. The first-order valence-corrected chi connectivity index (χ1v) is 14.0. The maximum absolute atomic E-state index is 15.9. The number of hydrogen-bond acceptors (Lipinski definition) is 8. The minimum Gasteiger partial charge on any atom is -0.477 e. The molecule has 236 valence electrons. The number of rotatable bonds is 11. The van der Waals surface area contributed by atoms with Gasteiger partial charge in [-0.25, -0.2) is 9.18 Å². The van der Waals surface area contributed by atoms with Crippen molar-refractivity contribution in [2.45, 2.75) is 51.9 Å². The van der Waals surface area contributed by atoms with Crippen molar-refractivity contribution in [2.24, 2.45) is 5.73 Å². The van der Waals surface area contributed by atoms with E-state index in [1.807, 2.05) is 18.2 Å². The van der Waals surface area contributed by atoms with Crippen molar-refractivity contribution in [1.29, 1.82) is 0 Å². The third-order valence-corrected chi connectivity index (χ3v) is 7.69. The van der Waals surface area contributed by atoms with Gasteiger partial charge in [-0.1, -0.05) is 6.08 Å². The van der Waals surface area contributed by atoms with Crippen LogP contribution in [0, 0.1) is 5.82 Å². The van der Waals surface area contributed by atoms with Crippen molar-refractivity contribution in [2.75, 3.05) is 31.6 Å². The Labute approximate surface area is 250 Å². The van der Waals surface area contributed by atoms with Gasteiger partial charge in [-0.15, -0.1) is 0 Å². The van der Waals surface area contributed by atoms with Gasteiger partial charge in [0.05, 0.1) is 17.4 Å². The van der Waals surface area contributed by atoms with Gasteiger partial charge in [0.1, 0.15) is 11.3 Å². The van der Waals surface area contributed by atoms with Crippen molar-refractivity contribution in [3.8, 4) is 5.75 Å². The molecule has 0 bridgehead atoms. The van der Waals surface area contributed by atoms with E-state index in [1.165, 1.54) is 4.57 Å². The smallest absolute Gasteiger partial charge is 0.387 e. The fraction of sp³-hybridized carbons (Fsp3) is 0.400. The number of aryl methyl sites for hydroxylation is 1. The van der Waals surface area contributed by atoms with E-state index in [0.717, 1.165) is 23.4 Å². The van der Waals surface area contributed by atoms with Gasteiger partial charge in [0, 0.05) is 38.6 Å².